The largest absolute Gasteiger partial charge is 0.369 e. The van der Waals surface area contributed by atoms with Gasteiger partial charge in [0.1, 0.15) is 0 Å². The summed E-state index contributed by atoms with van der Waals surface area (Å²) in [4.78, 5) is 32.2. The molecule has 3 rings (SSSR count). The highest BCUT2D eigenvalue weighted by molar-refractivity contribution is 5.79. The highest BCUT2D eigenvalue weighted by Gasteiger charge is 2.25. The maximum atomic E-state index is 12.5. The molecule has 2 heterocycles. The maximum Gasteiger partial charge on any atom is 0.236 e. The lowest BCUT2D eigenvalue weighted by atomic mass is 10.1. The Morgan fingerprint density at radius 2 is 1.48 bits per heavy atom. The van der Waals surface area contributed by atoms with Crippen molar-refractivity contribution < 1.29 is 9.59 Å². The molecule has 0 radical (unpaired) electrons. The molecule has 0 aromatic heterocycles. The SMILES string of the molecule is CC(=O)N1CCN(C(=O)CN2CCN(c3ccccc3C)CC2)CC1. The third-order valence-corrected chi connectivity index (χ3v) is 5.27. The smallest absolute Gasteiger partial charge is 0.236 e. The Morgan fingerprint density at radius 1 is 0.880 bits per heavy atom. The van der Waals surface area contributed by atoms with Gasteiger partial charge in [-0.3, -0.25) is 14.5 Å². The van der Waals surface area contributed by atoms with Crippen LogP contribution in [-0.2, 0) is 9.59 Å². The number of aryl methyl sites for hydroxylation is 1. The molecule has 2 amide bonds. The van der Waals surface area contributed by atoms with Crippen LogP contribution in [0, 0.1) is 6.92 Å². The van der Waals surface area contributed by atoms with Crippen molar-refractivity contribution in [2.45, 2.75) is 13.8 Å². The molecule has 0 saturated carbocycles. The standard InChI is InChI=1S/C19H28N4O2/c1-16-5-3-4-6-18(16)22-9-7-20(8-10-22)15-19(25)23-13-11-21(12-14-23)17(2)24/h3-6H,7-15H2,1-2H3. The lowest BCUT2D eigenvalue weighted by Crippen LogP contribution is -2.54. The van der Waals surface area contributed by atoms with Crippen molar-refractivity contribution in [2.75, 3.05) is 63.8 Å². The summed E-state index contributed by atoms with van der Waals surface area (Å²) < 4.78 is 0. The minimum Gasteiger partial charge on any atom is -0.369 e. The number of carbonyl (C=O) groups excluding carboxylic acids is 2. The summed E-state index contributed by atoms with van der Waals surface area (Å²) in [6.07, 6.45) is 0. The van der Waals surface area contributed by atoms with Crippen LogP contribution in [-0.4, -0.2) is 85.4 Å². The van der Waals surface area contributed by atoms with Crippen LogP contribution < -0.4 is 4.90 Å². The summed E-state index contributed by atoms with van der Waals surface area (Å²) in [5.41, 5.74) is 2.60. The summed E-state index contributed by atoms with van der Waals surface area (Å²) in [5, 5.41) is 0. The molecule has 2 aliphatic heterocycles. The van der Waals surface area contributed by atoms with E-state index in [0.717, 1.165) is 26.2 Å². The van der Waals surface area contributed by atoms with E-state index in [9.17, 15) is 9.59 Å². The van der Waals surface area contributed by atoms with Gasteiger partial charge in [0, 0.05) is 65.0 Å². The zero-order valence-electron chi connectivity index (χ0n) is 15.3. The first-order chi connectivity index (χ1) is 12.0. The first-order valence-corrected chi connectivity index (χ1v) is 9.11. The van der Waals surface area contributed by atoms with Gasteiger partial charge >= 0.3 is 0 Å². The molecule has 25 heavy (non-hydrogen) atoms. The van der Waals surface area contributed by atoms with Crippen molar-refractivity contribution in [3.8, 4) is 0 Å². The van der Waals surface area contributed by atoms with Gasteiger partial charge in [0.25, 0.3) is 0 Å². The van der Waals surface area contributed by atoms with Crippen molar-refractivity contribution in [3.05, 3.63) is 29.8 Å². The van der Waals surface area contributed by atoms with Crippen LogP contribution in [0.25, 0.3) is 0 Å². The lowest BCUT2D eigenvalue weighted by Gasteiger charge is -2.38. The normalized spacial score (nSPS) is 19.2. The second-order valence-corrected chi connectivity index (χ2v) is 6.94. The molecular formula is C19H28N4O2. The van der Waals surface area contributed by atoms with Gasteiger partial charge in [-0.1, -0.05) is 18.2 Å². The molecule has 2 fully saturated rings. The third-order valence-electron chi connectivity index (χ3n) is 5.27. The Labute approximate surface area is 150 Å². The summed E-state index contributed by atoms with van der Waals surface area (Å²) in [7, 11) is 0. The maximum absolute atomic E-state index is 12.5. The van der Waals surface area contributed by atoms with E-state index in [-0.39, 0.29) is 11.8 Å². The molecular weight excluding hydrogens is 316 g/mol. The monoisotopic (exact) mass is 344 g/mol. The summed E-state index contributed by atoms with van der Waals surface area (Å²) >= 11 is 0. The van der Waals surface area contributed by atoms with E-state index in [1.165, 1.54) is 11.3 Å². The third kappa shape index (κ3) is 4.31. The van der Waals surface area contributed by atoms with E-state index in [1.807, 2.05) is 9.80 Å². The van der Waals surface area contributed by atoms with Crippen molar-refractivity contribution >= 4 is 17.5 Å². The van der Waals surface area contributed by atoms with E-state index < -0.39 is 0 Å². The molecule has 0 spiro atoms. The van der Waals surface area contributed by atoms with Crippen molar-refractivity contribution in [1.29, 1.82) is 0 Å². The zero-order chi connectivity index (χ0) is 17.8. The lowest BCUT2D eigenvalue weighted by molar-refractivity contribution is -0.139. The van der Waals surface area contributed by atoms with E-state index in [4.69, 9.17) is 0 Å². The Balaban J connectivity index is 1.45. The minimum atomic E-state index is 0.0967. The topological polar surface area (TPSA) is 47.1 Å². The molecule has 0 N–H and O–H groups in total. The highest BCUT2D eigenvalue weighted by Crippen LogP contribution is 2.20. The fraction of sp³-hybridized carbons (Fsp3) is 0.579. The summed E-state index contributed by atoms with van der Waals surface area (Å²) in [5.74, 6) is 0.284. The molecule has 136 valence electrons. The van der Waals surface area contributed by atoms with Gasteiger partial charge in [0.2, 0.25) is 11.8 Å². The minimum absolute atomic E-state index is 0.0967. The van der Waals surface area contributed by atoms with Gasteiger partial charge in [-0.15, -0.1) is 0 Å². The zero-order valence-corrected chi connectivity index (χ0v) is 15.3. The number of piperazine rings is 2. The average Bonchev–Trinajstić information content (AvgIpc) is 2.63. The fourth-order valence-electron chi connectivity index (χ4n) is 3.63. The first kappa shape index (κ1) is 17.7. The van der Waals surface area contributed by atoms with Gasteiger partial charge in [0.15, 0.2) is 0 Å². The van der Waals surface area contributed by atoms with E-state index in [1.54, 1.807) is 6.92 Å². The first-order valence-electron chi connectivity index (χ1n) is 9.11. The number of rotatable bonds is 3. The molecule has 2 saturated heterocycles. The number of hydrogen-bond donors (Lipinski definition) is 0. The van der Waals surface area contributed by atoms with Gasteiger partial charge in [-0.2, -0.15) is 0 Å². The van der Waals surface area contributed by atoms with Gasteiger partial charge in [0.05, 0.1) is 6.54 Å². The second-order valence-electron chi connectivity index (χ2n) is 6.94. The quantitative estimate of drug-likeness (QED) is 0.814. The number of benzene rings is 1. The molecule has 6 nitrogen and oxygen atoms in total. The van der Waals surface area contributed by atoms with Crippen LogP contribution in [0.3, 0.4) is 0 Å². The molecule has 6 heteroatoms. The van der Waals surface area contributed by atoms with Gasteiger partial charge < -0.3 is 14.7 Å². The number of anilines is 1. The summed E-state index contributed by atoms with van der Waals surface area (Å²) in [6, 6.07) is 8.47. The van der Waals surface area contributed by atoms with Gasteiger partial charge in [-0.05, 0) is 18.6 Å². The van der Waals surface area contributed by atoms with E-state index >= 15 is 0 Å². The average molecular weight is 344 g/mol. The van der Waals surface area contributed by atoms with Crippen LogP contribution in [0.15, 0.2) is 24.3 Å². The molecule has 1 aromatic rings. The Morgan fingerprint density at radius 3 is 2.08 bits per heavy atom. The molecule has 0 aliphatic carbocycles. The number of hydrogen-bond acceptors (Lipinski definition) is 4. The highest BCUT2D eigenvalue weighted by atomic mass is 16.2. The number of carbonyl (C=O) groups is 2. The summed E-state index contributed by atoms with van der Waals surface area (Å²) in [6.45, 7) is 10.6. The van der Waals surface area contributed by atoms with Crippen LogP contribution in [0.2, 0.25) is 0 Å². The molecule has 0 atom stereocenters. The van der Waals surface area contributed by atoms with E-state index in [0.29, 0.717) is 32.7 Å². The number of nitrogens with zero attached hydrogens (tertiary/aromatic N) is 4. The van der Waals surface area contributed by atoms with Crippen LogP contribution in [0.1, 0.15) is 12.5 Å². The molecule has 0 unspecified atom stereocenters. The molecule has 2 aliphatic rings. The van der Waals surface area contributed by atoms with Gasteiger partial charge in [-0.25, -0.2) is 0 Å². The molecule has 0 bridgehead atoms. The van der Waals surface area contributed by atoms with E-state index in [2.05, 4.69) is 41.0 Å². The van der Waals surface area contributed by atoms with Crippen LogP contribution in [0.4, 0.5) is 5.69 Å². The Hall–Kier alpha value is -2.08. The molecule has 1 aromatic carbocycles. The van der Waals surface area contributed by atoms with Crippen LogP contribution in [0.5, 0.6) is 0 Å². The number of para-hydroxylation sites is 1. The number of amides is 2. The Kier molecular flexibility index (Phi) is 5.58. The second kappa shape index (κ2) is 7.87. The predicted molar refractivity (Wildman–Crippen MR) is 98.7 cm³/mol. The predicted octanol–water partition coefficient (Wildman–Crippen LogP) is 0.808. The van der Waals surface area contributed by atoms with Crippen molar-refractivity contribution in [3.63, 3.8) is 0 Å². The van der Waals surface area contributed by atoms with Crippen molar-refractivity contribution in [2.24, 2.45) is 0 Å². The fourth-order valence-corrected chi connectivity index (χ4v) is 3.63. The van der Waals surface area contributed by atoms with Crippen LogP contribution >= 0.6 is 0 Å². The Bertz CT molecular complexity index is 618. The van der Waals surface area contributed by atoms with Crippen molar-refractivity contribution in [1.82, 2.24) is 14.7 Å².